The summed E-state index contributed by atoms with van der Waals surface area (Å²) in [7, 11) is 0. The number of carbonyl (C=O) groups excluding carboxylic acids is 1. The van der Waals surface area contributed by atoms with Crippen LogP contribution in [0.2, 0.25) is 0 Å². The maximum absolute atomic E-state index is 11.1. The molecule has 0 aliphatic carbocycles. The molecule has 0 aromatic heterocycles. The third kappa shape index (κ3) is 5.85. The molecule has 1 aromatic carbocycles. The van der Waals surface area contributed by atoms with Gasteiger partial charge in [-0.15, -0.1) is 0 Å². The molecule has 0 aliphatic heterocycles. The average Bonchev–Trinajstić information content (AvgIpc) is 2.35. The third-order valence-electron chi connectivity index (χ3n) is 3.13. The lowest BCUT2D eigenvalue weighted by atomic mass is 10.0. The zero-order valence-electron chi connectivity index (χ0n) is 11.7. The lowest BCUT2D eigenvalue weighted by Crippen LogP contribution is -2.08. The highest BCUT2D eigenvalue weighted by Gasteiger charge is 2.02. The number of amides is 1. The molecule has 0 saturated carbocycles. The van der Waals surface area contributed by atoms with Crippen LogP contribution in [0, 0.1) is 0 Å². The summed E-state index contributed by atoms with van der Waals surface area (Å²) in [6.45, 7) is 3.80. The Bertz CT molecular complexity index is 360. The molecule has 0 fully saturated rings. The summed E-state index contributed by atoms with van der Waals surface area (Å²) < 4.78 is 0. The number of hydrogen-bond acceptors (Lipinski definition) is 1. The van der Waals surface area contributed by atoms with E-state index >= 15 is 0 Å². The summed E-state index contributed by atoms with van der Waals surface area (Å²) in [4.78, 5) is 11.1. The Kier molecular flexibility index (Phi) is 7.16. The number of benzene rings is 1. The van der Waals surface area contributed by atoms with E-state index in [1.165, 1.54) is 44.1 Å². The Hall–Kier alpha value is -1.31. The number of para-hydroxylation sites is 1. The lowest BCUT2D eigenvalue weighted by molar-refractivity contribution is -0.114. The van der Waals surface area contributed by atoms with Crippen molar-refractivity contribution < 1.29 is 4.79 Å². The van der Waals surface area contributed by atoms with Crippen LogP contribution in [0.15, 0.2) is 24.3 Å². The van der Waals surface area contributed by atoms with E-state index in [2.05, 4.69) is 18.3 Å². The van der Waals surface area contributed by atoms with Crippen LogP contribution in [0.3, 0.4) is 0 Å². The standard InChI is InChI=1S/C16H25NO/c1-3-4-5-6-7-8-11-15-12-9-10-13-16(15)17-14(2)18/h9-10,12-13H,3-8,11H2,1-2H3,(H,17,18). The molecular weight excluding hydrogens is 222 g/mol. The summed E-state index contributed by atoms with van der Waals surface area (Å²) in [5.74, 6) is 0.00500. The van der Waals surface area contributed by atoms with Gasteiger partial charge < -0.3 is 5.32 Å². The van der Waals surface area contributed by atoms with Crippen molar-refractivity contribution in [3.05, 3.63) is 29.8 Å². The van der Waals surface area contributed by atoms with E-state index in [-0.39, 0.29) is 5.91 Å². The van der Waals surface area contributed by atoms with Crippen molar-refractivity contribution in [2.45, 2.75) is 58.8 Å². The van der Waals surface area contributed by atoms with Gasteiger partial charge in [-0.05, 0) is 24.5 Å². The number of nitrogens with one attached hydrogen (secondary N) is 1. The van der Waals surface area contributed by atoms with Gasteiger partial charge in [0.1, 0.15) is 0 Å². The molecule has 100 valence electrons. The van der Waals surface area contributed by atoms with Gasteiger partial charge >= 0.3 is 0 Å². The minimum atomic E-state index is 0.00500. The minimum absolute atomic E-state index is 0.00500. The van der Waals surface area contributed by atoms with Crippen molar-refractivity contribution >= 4 is 11.6 Å². The Morgan fingerprint density at radius 2 is 1.72 bits per heavy atom. The van der Waals surface area contributed by atoms with Gasteiger partial charge in [-0.3, -0.25) is 4.79 Å². The molecule has 1 N–H and O–H groups in total. The molecule has 1 rings (SSSR count). The van der Waals surface area contributed by atoms with Crippen molar-refractivity contribution in [1.82, 2.24) is 0 Å². The van der Waals surface area contributed by atoms with Gasteiger partial charge in [0.25, 0.3) is 0 Å². The van der Waals surface area contributed by atoms with Crippen molar-refractivity contribution in [3.8, 4) is 0 Å². The number of carbonyl (C=O) groups is 1. The summed E-state index contributed by atoms with van der Waals surface area (Å²) >= 11 is 0. The number of aryl methyl sites for hydroxylation is 1. The van der Waals surface area contributed by atoms with E-state index in [9.17, 15) is 4.79 Å². The van der Waals surface area contributed by atoms with E-state index in [0.29, 0.717) is 0 Å². The van der Waals surface area contributed by atoms with Gasteiger partial charge in [-0.25, -0.2) is 0 Å². The molecule has 0 aliphatic rings. The quantitative estimate of drug-likeness (QED) is 0.671. The van der Waals surface area contributed by atoms with Crippen molar-refractivity contribution in [2.75, 3.05) is 5.32 Å². The van der Waals surface area contributed by atoms with Crippen molar-refractivity contribution in [2.24, 2.45) is 0 Å². The minimum Gasteiger partial charge on any atom is -0.326 e. The van der Waals surface area contributed by atoms with E-state index in [1.807, 2.05) is 18.2 Å². The molecule has 18 heavy (non-hydrogen) atoms. The number of anilines is 1. The third-order valence-corrected chi connectivity index (χ3v) is 3.13. The Morgan fingerprint density at radius 1 is 1.06 bits per heavy atom. The average molecular weight is 247 g/mol. The maximum atomic E-state index is 11.1. The molecule has 0 spiro atoms. The molecular formula is C16H25NO. The summed E-state index contributed by atoms with van der Waals surface area (Å²) in [6.07, 6.45) is 8.88. The van der Waals surface area contributed by atoms with Crippen molar-refractivity contribution in [1.29, 1.82) is 0 Å². The fourth-order valence-electron chi connectivity index (χ4n) is 2.15. The zero-order valence-corrected chi connectivity index (χ0v) is 11.7. The van der Waals surface area contributed by atoms with Crippen LogP contribution in [-0.2, 0) is 11.2 Å². The first kappa shape index (κ1) is 14.7. The normalized spacial score (nSPS) is 10.3. The van der Waals surface area contributed by atoms with E-state index in [4.69, 9.17) is 0 Å². The van der Waals surface area contributed by atoms with Gasteiger partial charge in [0, 0.05) is 12.6 Å². The number of unbranched alkanes of at least 4 members (excludes halogenated alkanes) is 5. The van der Waals surface area contributed by atoms with Crippen LogP contribution in [-0.4, -0.2) is 5.91 Å². The van der Waals surface area contributed by atoms with E-state index in [1.54, 1.807) is 6.92 Å². The molecule has 0 heterocycles. The van der Waals surface area contributed by atoms with Crippen LogP contribution in [0.4, 0.5) is 5.69 Å². The summed E-state index contributed by atoms with van der Waals surface area (Å²) in [5, 5.41) is 2.90. The molecule has 0 unspecified atom stereocenters. The Balaban J connectivity index is 2.34. The predicted octanol–water partition coefficient (Wildman–Crippen LogP) is 4.55. The molecule has 2 nitrogen and oxygen atoms in total. The fourth-order valence-corrected chi connectivity index (χ4v) is 2.15. The first-order valence-electron chi connectivity index (χ1n) is 7.09. The lowest BCUT2D eigenvalue weighted by Gasteiger charge is -2.09. The van der Waals surface area contributed by atoms with Crippen LogP contribution >= 0.6 is 0 Å². The molecule has 0 bridgehead atoms. The van der Waals surface area contributed by atoms with Crippen molar-refractivity contribution in [3.63, 3.8) is 0 Å². The van der Waals surface area contributed by atoms with Crippen LogP contribution < -0.4 is 5.32 Å². The number of hydrogen-bond donors (Lipinski definition) is 1. The highest BCUT2D eigenvalue weighted by molar-refractivity contribution is 5.89. The van der Waals surface area contributed by atoms with Gasteiger partial charge in [-0.2, -0.15) is 0 Å². The largest absolute Gasteiger partial charge is 0.326 e. The molecule has 1 amide bonds. The topological polar surface area (TPSA) is 29.1 Å². The van der Waals surface area contributed by atoms with E-state index in [0.717, 1.165) is 12.1 Å². The second-order valence-electron chi connectivity index (χ2n) is 4.86. The molecule has 0 saturated heterocycles. The maximum Gasteiger partial charge on any atom is 0.221 e. The zero-order chi connectivity index (χ0) is 13.2. The Morgan fingerprint density at radius 3 is 2.44 bits per heavy atom. The van der Waals surface area contributed by atoms with Gasteiger partial charge in [0.05, 0.1) is 0 Å². The molecule has 0 atom stereocenters. The second kappa shape index (κ2) is 8.73. The van der Waals surface area contributed by atoms with Crippen LogP contribution in [0.25, 0.3) is 0 Å². The highest BCUT2D eigenvalue weighted by Crippen LogP contribution is 2.18. The van der Waals surface area contributed by atoms with Gasteiger partial charge in [0.2, 0.25) is 5.91 Å². The van der Waals surface area contributed by atoms with Gasteiger partial charge in [-0.1, -0.05) is 57.2 Å². The number of rotatable bonds is 8. The van der Waals surface area contributed by atoms with Crippen LogP contribution in [0.5, 0.6) is 0 Å². The fraction of sp³-hybridized carbons (Fsp3) is 0.562. The smallest absolute Gasteiger partial charge is 0.221 e. The molecule has 1 aromatic rings. The Labute approximate surface area is 111 Å². The second-order valence-corrected chi connectivity index (χ2v) is 4.86. The summed E-state index contributed by atoms with van der Waals surface area (Å²) in [6, 6.07) is 8.10. The first-order chi connectivity index (χ1) is 8.74. The summed E-state index contributed by atoms with van der Waals surface area (Å²) in [5.41, 5.74) is 2.22. The predicted molar refractivity (Wildman–Crippen MR) is 77.8 cm³/mol. The molecule has 0 radical (unpaired) electrons. The first-order valence-corrected chi connectivity index (χ1v) is 7.09. The van der Waals surface area contributed by atoms with E-state index < -0.39 is 0 Å². The van der Waals surface area contributed by atoms with Crippen LogP contribution in [0.1, 0.15) is 57.9 Å². The monoisotopic (exact) mass is 247 g/mol. The highest BCUT2D eigenvalue weighted by atomic mass is 16.1. The molecule has 2 heteroatoms. The van der Waals surface area contributed by atoms with Gasteiger partial charge in [0.15, 0.2) is 0 Å². The SMILES string of the molecule is CCCCCCCCc1ccccc1NC(C)=O.